The molecule has 0 bridgehead atoms. The van der Waals surface area contributed by atoms with E-state index in [1.807, 2.05) is 6.92 Å². The zero-order chi connectivity index (χ0) is 18.4. The lowest BCUT2D eigenvalue weighted by molar-refractivity contribution is 0.0760. The molecule has 1 amide bonds. The topological polar surface area (TPSA) is 54.3 Å². The van der Waals surface area contributed by atoms with Crippen molar-refractivity contribution in [2.75, 3.05) is 26.2 Å². The van der Waals surface area contributed by atoms with E-state index in [2.05, 4.69) is 20.4 Å². The summed E-state index contributed by atoms with van der Waals surface area (Å²) in [4.78, 5) is 21.3. The van der Waals surface area contributed by atoms with Gasteiger partial charge in [-0.05, 0) is 18.8 Å². The van der Waals surface area contributed by atoms with Gasteiger partial charge in [-0.25, -0.2) is 13.8 Å². The van der Waals surface area contributed by atoms with Gasteiger partial charge in [-0.1, -0.05) is 0 Å². The first kappa shape index (κ1) is 17.5. The van der Waals surface area contributed by atoms with Crippen molar-refractivity contribution in [3.63, 3.8) is 0 Å². The van der Waals surface area contributed by atoms with Crippen molar-refractivity contribution in [1.29, 1.82) is 0 Å². The van der Waals surface area contributed by atoms with Crippen LogP contribution < -0.4 is 0 Å². The number of carbonyl (C=O) groups excluding carboxylic acids is 1. The maximum absolute atomic E-state index is 13.1. The van der Waals surface area contributed by atoms with Crippen LogP contribution in [-0.2, 0) is 13.6 Å². The van der Waals surface area contributed by atoms with Gasteiger partial charge in [0.05, 0.1) is 16.3 Å². The predicted molar refractivity (Wildman–Crippen MR) is 93.2 cm³/mol. The quantitative estimate of drug-likeness (QED) is 0.816. The standard InChI is InChI=1S/C17H21F2N5OS/c1-10-20-13(9-26-10)7-23-3-11-5-24(6-12(11)4-23)17(25)14-8-22(2)21-15(14)16(18)19/h8-9,11-12,16H,3-7H2,1-2H3/t11-,12+. The van der Waals surface area contributed by atoms with Gasteiger partial charge in [0.1, 0.15) is 5.69 Å². The molecule has 0 radical (unpaired) electrons. The molecule has 0 spiro atoms. The van der Waals surface area contributed by atoms with Crippen LogP contribution in [0.3, 0.4) is 0 Å². The Hall–Kier alpha value is -1.87. The molecule has 2 atom stereocenters. The number of rotatable bonds is 4. The van der Waals surface area contributed by atoms with Gasteiger partial charge in [-0.15, -0.1) is 11.3 Å². The number of likely N-dealkylation sites (tertiary alicyclic amines) is 2. The molecule has 2 aliphatic heterocycles. The zero-order valence-corrected chi connectivity index (χ0v) is 15.5. The summed E-state index contributed by atoms with van der Waals surface area (Å²) in [5.74, 6) is 0.459. The van der Waals surface area contributed by atoms with E-state index in [1.165, 1.54) is 10.9 Å². The maximum Gasteiger partial charge on any atom is 0.282 e. The van der Waals surface area contributed by atoms with Crippen LogP contribution in [0.15, 0.2) is 11.6 Å². The second-order valence-corrected chi connectivity index (χ2v) is 8.25. The number of halogens is 2. The third-order valence-corrected chi connectivity index (χ3v) is 6.02. The average Bonchev–Trinajstić information content (AvgIpc) is 3.30. The average molecular weight is 381 g/mol. The minimum absolute atomic E-state index is 0.0253. The molecule has 4 heterocycles. The Morgan fingerprint density at radius 1 is 1.31 bits per heavy atom. The summed E-state index contributed by atoms with van der Waals surface area (Å²) >= 11 is 1.66. The first-order chi connectivity index (χ1) is 12.4. The molecule has 2 aliphatic rings. The van der Waals surface area contributed by atoms with E-state index >= 15 is 0 Å². The lowest BCUT2D eigenvalue weighted by Gasteiger charge is -2.21. The molecule has 6 nitrogen and oxygen atoms in total. The number of aryl methyl sites for hydroxylation is 2. The molecule has 2 aromatic heterocycles. The van der Waals surface area contributed by atoms with E-state index in [1.54, 1.807) is 23.3 Å². The van der Waals surface area contributed by atoms with Crippen molar-refractivity contribution in [3.05, 3.63) is 33.5 Å². The summed E-state index contributed by atoms with van der Waals surface area (Å²) in [6, 6.07) is 0. The molecule has 0 aliphatic carbocycles. The molecule has 2 aromatic rings. The van der Waals surface area contributed by atoms with Crippen LogP contribution in [-0.4, -0.2) is 56.7 Å². The van der Waals surface area contributed by atoms with Gasteiger partial charge in [-0.3, -0.25) is 14.4 Å². The van der Waals surface area contributed by atoms with Crippen molar-refractivity contribution in [1.82, 2.24) is 24.6 Å². The van der Waals surface area contributed by atoms with Crippen molar-refractivity contribution >= 4 is 17.2 Å². The van der Waals surface area contributed by atoms with Crippen LogP contribution in [0, 0.1) is 18.8 Å². The predicted octanol–water partition coefficient (Wildman–Crippen LogP) is 2.33. The van der Waals surface area contributed by atoms with Crippen molar-refractivity contribution in [2.45, 2.75) is 19.9 Å². The van der Waals surface area contributed by atoms with Gasteiger partial charge in [0.25, 0.3) is 12.3 Å². The monoisotopic (exact) mass is 381 g/mol. The summed E-state index contributed by atoms with van der Waals surface area (Å²) < 4.78 is 27.5. The molecule has 0 N–H and O–H groups in total. The van der Waals surface area contributed by atoms with E-state index in [4.69, 9.17) is 0 Å². The van der Waals surface area contributed by atoms with Crippen LogP contribution in [0.2, 0.25) is 0 Å². The summed E-state index contributed by atoms with van der Waals surface area (Å²) in [5.41, 5.74) is 0.699. The first-order valence-corrected chi connectivity index (χ1v) is 9.53. The fourth-order valence-electron chi connectivity index (χ4n) is 4.10. The molecule has 9 heteroatoms. The van der Waals surface area contributed by atoms with Crippen LogP contribution in [0.25, 0.3) is 0 Å². The smallest absolute Gasteiger partial charge is 0.282 e. The Bertz CT molecular complexity index is 806. The third kappa shape index (κ3) is 3.25. The SMILES string of the molecule is Cc1nc(CN2C[C@@H]3CN(C(=O)c4cn(C)nc4C(F)F)C[C@@H]3C2)cs1. The molecule has 0 aromatic carbocycles. The van der Waals surface area contributed by atoms with Gasteiger partial charge in [0, 0.05) is 51.3 Å². The van der Waals surface area contributed by atoms with Crippen molar-refractivity contribution in [2.24, 2.45) is 18.9 Å². The summed E-state index contributed by atoms with van der Waals surface area (Å²) in [6.45, 7) is 5.91. The highest BCUT2D eigenvalue weighted by molar-refractivity contribution is 7.09. The Kier molecular flexibility index (Phi) is 4.52. The Morgan fingerprint density at radius 2 is 2.00 bits per heavy atom. The second kappa shape index (κ2) is 6.70. The number of fused-ring (bicyclic) bond motifs is 1. The minimum Gasteiger partial charge on any atom is -0.338 e. The van der Waals surface area contributed by atoms with Gasteiger partial charge in [-0.2, -0.15) is 5.10 Å². The largest absolute Gasteiger partial charge is 0.338 e. The van der Waals surface area contributed by atoms with Crippen LogP contribution in [0.5, 0.6) is 0 Å². The van der Waals surface area contributed by atoms with Crippen LogP contribution in [0.4, 0.5) is 8.78 Å². The van der Waals surface area contributed by atoms with Crippen LogP contribution in [0.1, 0.15) is 33.2 Å². The summed E-state index contributed by atoms with van der Waals surface area (Å²) in [7, 11) is 1.56. The van der Waals surface area contributed by atoms with E-state index in [0.29, 0.717) is 24.9 Å². The zero-order valence-electron chi connectivity index (χ0n) is 14.7. The molecular formula is C17H21F2N5OS. The maximum atomic E-state index is 13.1. The highest BCUT2D eigenvalue weighted by Crippen LogP contribution is 2.33. The Labute approximate surface area is 154 Å². The molecule has 0 saturated carbocycles. The van der Waals surface area contributed by atoms with E-state index < -0.39 is 12.1 Å². The van der Waals surface area contributed by atoms with E-state index in [0.717, 1.165) is 30.3 Å². The molecule has 26 heavy (non-hydrogen) atoms. The fraction of sp³-hybridized carbons (Fsp3) is 0.588. The number of nitrogens with zero attached hydrogens (tertiary/aromatic N) is 5. The Morgan fingerprint density at radius 3 is 2.58 bits per heavy atom. The lowest BCUT2D eigenvalue weighted by Crippen LogP contribution is -2.33. The third-order valence-electron chi connectivity index (χ3n) is 5.20. The lowest BCUT2D eigenvalue weighted by atomic mass is 10.0. The summed E-state index contributed by atoms with van der Waals surface area (Å²) in [5, 5.41) is 6.90. The molecular weight excluding hydrogens is 360 g/mol. The second-order valence-electron chi connectivity index (χ2n) is 7.18. The number of hydrogen-bond donors (Lipinski definition) is 0. The molecule has 2 fully saturated rings. The first-order valence-electron chi connectivity index (χ1n) is 8.65. The minimum atomic E-state index is -2.74. The highest BCUT2D eigenvalue weighted by Gasteiger charge is 2.42. The number of aromatic nitrogens is 3. The number of amides is 1. The Balaban J connectivity index is 1.39. The summed E-state index contributed by atoms with van der Waals surface area (Å²) in [6.07, 6.45) is -1.34. The fourth-order valence-corrected chi connectivity index (χ4v) is 4.70. The van der Waals surface area contributed by atoms with E-state index in [9.17, 15) is 13.6 Å². The highest BCUT2D eigenvalue weighted by atomic mass is 32.1. The van der Waals surface area contributed by atoms with Crippen LogP contribution >= 0.6 is 11.3 Å². The van der Waals surface area contributed by atoms with Gasteiger partial charge in [0.2, 0.25) is 0 Å². The molecule has 2 saturated heterocycles. The molecule has 140 valence electrons. The van der Waals surface area contributed by atoms with E-state index in [-0.39, 0.29) is 11.5 Å². The number of alkyl halides is 2. The van der Waals surface area contributed by atoms with Gasteiger partial charge < -0.3 is 4.90 Å². The number of hydrogen-bond acceptors (Lipinski definition) is 5. The normalized spacial score (nSPS) is 23.2. The van der Waals surface area contributed by atoms with Crippen molar-refractivity contribution < 1.29 is 13.6 Å². The number of carbonyl (C=O) groups is 1. The van der Waals surface area contributed by atoms with Gasteiger partial charge in [0.15, 0.2) is 0 Å². The number of thiazole rings is 1. The molecule has 4 rings (SSSR count). The van der Waals surface area contributed by atoms with Crippen molar-refractivity contribution in [3.8, 4) is 0 Å². The molecule has 0 unspecified atom stereocenters. The van der Waals surface area contributed by atoms with Gasteiger partial charge >= 0.3 is 0 Å².